The van der Waals surface area contributed by atoms with Gasteiger partial charge in [0.25, 0.3) is 0 Å². The van der Waals surface area contributed by atoms with Crippen LogP contribution in [0.4, 0.5) is 22.0 Å². The average molecular weight is 451 g/mol. The van der Waals surface area contributed by atoms with Gasteiger partial charge in [-0.05, 0) is 68.3 Å². The Bertz CT molecular complexity index is 920. The van der Waals surface area contributed by atoms with Crippen LogP contribution in [0.3, 0.4) is 0 Å². The van der Waals surface area contributed by atoms with Crippen molar-refractivity contribution in [3.05, 3.63) is 58.9 Å². The average Bonchev–Trinajstić information content (AvgIpc) is 2.80. The lowest BCUT2D eigenvalue weighted by molar-refractivity contribution is 0.157. The predicted octanol–water partition coefficient (Wildman–Crippen LogP) is 8.46. The van der Waals surface area contributed by atoms with E-state index in [1.807, 2.05) is 0 Å². The van der Waals surface area contributed by atoms with E-state index >= 15 is 4.39 Å². The summed E-state index contributed by atoms with van der Waals surface area (Å²) >= 11 is 0. The molecule has 2 aliphatic carbocycles. The van der Waals surface area contributed by atoms with E-state index in [1.165, 1.54) is 32.1 Å². The zero-order chi connectivity index (χ0) is 22.8. The molecule has 173 valence electrons. The minimum atomic E-state index is -1.64. The minimum Gasteiger partial charge on any atom is -0.453 e. The Kier molecular flexibility index (Phi) is 7.06. The van der Waals surface area contributed by atoms with Crippen LogP contribution in [0.5, 0.6) is 11.5 Å². The van der Waals surface area contributed by atoms with Crippen molar-refractivity contribution < 1.29 is 26.7 Å². The zero-order valence-corrected chi connectivity index (χ0v) is 18.2. The molecular formula is C26H28F5O. The molecule has 1 nitrogen and oxygen atoms in total. The van der Waals surface area contributed by atoms with E-state index in [4.69, 9.17) is 4.74 Å². The summed E-state index contributed by atoms with van der Waals surface area (Å²) in [6.07, 6.45) is 9.56. The summed E-state index contributed by atoms with van der Waals surface area (Å²) in [5.74, 6) is -5.15. The summed E-state index contributed by atoms with van der Waals surface area (Å²) in [5.41, 5.74) is -0.0602. The molecule has 0 aliphatic heterocycles. The summed E-state index contributed by atoms with van der Waals surface area (Å²) in [6, 6.07) is 4.57. The fourth-order valence-electron chi connectivity index (χ4n) is 5.60. The molecule has 0 bridgehead atoms. The third-order valence-corrected chi connectivity index (χ3v) is 7.52. The van der Waals surface area contributed by atoms with Crippen LogP contribution < -0.4 is 4.74 Å². The molecule has 0 aromatic heterocycles. The molecule has 4 rings (SSSR count). The van der Waals surface area contributed by atoms with E-state index in [1.54, 1.807) is 0 Å². The Hall–Kier alpha value is -2.11. The highest BCUT2D eigenvalue weighted by molar-refractivity contribution is 5.38. The Balaban J connectivity index is 1.45. The van der Waals surface area contributed by atoms with E-state index < -0.39 is 40.6 Å². The monoisotopic (exact) mass is 451 g/mol. The van der Waals surface area contributed by atoms with Crippen molar-refractivity contribution in [3.8, 4) is 11.5 Å². The van der Waals surface area contributed by atoms with E-state index in [9.17, 15) is 17.6 Å². The van der Waals surface area contributed by atoms with Gasteiger partial charge in [0.2, 0.25) is 0 Å². The van der Waals surface area contributed by atoms with E-state index in [2.05, 4.69) is 13.0 Å². The molecule has 2 saturated carbocycles. The standard InChI is InChI=1S/C26H28F5O/c1-2-15-3-5-16(6-4-15)17-7-9-18(10-8-17)24-20(27)11-12-23(26(24)31)32-19-13-21(28)25(30)22(29)14-19/h11,13-18H,2-10H2,1H3/t15-,16-,17?,18?. The molecule has 0 unspecified atom stereocenters. The van der Waals surface area contributed by atoms with Gasteiger partial charge < -0.3 is 4.74 Å². The van der Waals surface area contributed by atoms with Crippen LogP contribution in [0.15, 0.2) is 18.2 Å². The molecule has 0 spiro atoms. The lowest BCUT2D eigenvalue weighted by atomic mass is 9.68. The fourth-order valence-corrected chi connectivity index (χ4v) is 5.60. The van der Waals surface area contributed by atoms with Crippen LogP contribution in [0.2, 0.25) is 0 Å². The van der Waals surface area contributed by atoms with Gasteiger partial charge in [0.1, 0.15) is 11.6 Å². The van der Waals surface area contributed by atoms with Crippen LogP contribution in [0.1, 0.15) is 76.2 Å². The van der Waals surface area contributed by atoms with Crippen LogP contribution in [0, 0.1) is 52.9 Å². The maximum atomic E-state index is 15.2. The molecule has 0 heterocycles. The summed E-state index contributed by atoms with van der Waals surface area (Å²) in [4.78, 5) is 0. The molecule has 6 heteroatoms. The van der Waals surface area contributed by atoms with Gasteiger partial charge >= 0.3 is 0 Å². The summed E-state index contributed by atoms with van der Waals surface area (Å²) in [7, 11) is 0. The summed E-state index contributed by atoms with van der Waals surface area (Å²) in [6.45, 7) is 2.25. The van der Waals surface area contributed by atoms with Crippen molar-refractivity contribution in [2.45, 2.75) is 70.6 Å². The van der Waals surface area contributed by atoms with E-state index in [0.29, 0.717) is 36.8 Å². The van der Waals surface area contributed by atoms with Crippen molar-refractivity contribution in [2.24, 2.45) is 17.8 Å². The molecule has 32 heavy (non-hydrogen) atoms. The van der Waals surface area contributed by atoms with E-state index in [-0.39, 0.29) is 11.5 Å². The topological polar surface area (TPSA) is 9.23 Å². The molecule has 0 atom stereocenters. The highest BCUT2D eigenvalue weighted by Gasteiger charge is 2.33. The molecule has 2 fully saturated rings. The van der Waals surface area contributed by atoms with Crippen LogP contribution in [-0.4, -0.2) is 0 Å². The second-order valence-corrected chi connectivity index (χ2v) is 9.30. The number of hydrogen-bond acceptors (Lipinski definition) is 1. The molecule has 0 amide bonds. The molecule has 2 aromatic carbocycles. The Morgan fingerprint density at radius 2 is 1.34 bits per heavy atom. The first-order valence-corrected chi connectivity index (χ1v) is 11.6. The fraction of sp³-hybridized carbons (Fsp3) is 0.538. The van der Waals surface area contributed by atoms with Gasteiger partial charge in [0, 0.05) is 23.8 Å². The van der Waals surface area contributed by atoms with Crippen molar-refractivity contribution in [3.63, 3.8) is 0 Å². The zero-order valence-electron chi connectivity index (χ0n) is 18.2. The number of hydrogen-bond donors (Lipinski definition) is 0. The SMILES string of the molecule is CC[C@H]1CC[C@H](C2CCC(c3c(F)c[c]c(Oc4cc(F)c(F)c(F)c4)c3F)CC2)CC1. The lowest BCUT2D eigenvalue weighted by Gasteiger charge is -2.38. The van der Waals surface area contributed by atoms with Crippen molar-refractivity contribution in [1.82, 2.24) is 0 Å². The van der Waals surface area contributed by atoms with Gasteiger partial charge in [-0.1, -0.05) is 26.2 Å². The number of benzene rings is 2. The molecule has 1 radical (unpaired) electrons. The van der Waals surface area contributed by atoms with Crippen LogP contribution in [0.25, 0.3) is 0 Å². The van der Waals surface area contributed by atoms with Gasteiger partial charge in [0.05, 0.1) is 0 Å². The summed E-state index contributed by atoms with van der Waals surface area (Å²) in [5, 5.41) is 0. The van der Waals surface area contributed by atoms with Crippen molar-refractivity contribution in [1.29, 1.82) is 0 Å². The quantitative estimate of drug-likeness (QED) is 0.327. The minimum absolute atomic E-state index is 0.0602. The highest BCUT2D eigenvalue weighted by Crippen LogP contribution is 2.46. The number of ether oxygens (including phenoxy) is 1. The van der Waals surface area contributed by atoms with Gasteiger partial charge in [-0.15, -0.1) is 0 Å². The third kappa shape index (κ3) is 4.79. The Morgan fingerprint density at radius 3 is 1.91 bits per heavy atom. The smallest absolute Gasteiger partial charge is 0.194 e. The molecule has 0 N–H and O–H groups in total. The maximum Gasteiger partial charge on any atom is 0.194 e. The van der Waals surface area contributed by atoms with E-state index in [0.717, 1.165) is 24.8 Å². The molecule has 2 aromatic rings. The third-order valence-electron chi connectivity index (χ3n) is 7.52. The lowest BCUT2D eigenvalue weighted by Crippen LogP contribution is -2.25. The van der Waals surface area contributed by atoms with Crippen LogP contribution >= 0.6 is 0 Å². The van der Waals surface area contributed by atoms with Crippen molar-refractivity contribution in [2.75, 3.05) is 0 Å². The number of rotatable bonds is 5. The van der Waals surface area contributed by atoms with Crippen LogP contribution in [-0.2, 0) is 0 Å². The maximum absolute atomic E-state index is 15.2. The molecule has 2 aliphatic rings. The number of halogens is 5. The predicted molar refractivity (Wildman–Crippen MR) is 112 cm³/mol. The first-order valence-electron chi connectivity index (χ1n) is 11.6. The second kappa shape index (κ2) is 9.80. The van der Waals surface area contributed by atoms with Crippen molar-refractivity contribution >= 4 is 0 Å². The van der Waals surface area contributed by atoms with Gasteiger partial charge in [-0.2, -0.15) is 0 Å². The Morgan fingerprint density at radius 1 is 0.781 bits per heavy atom. The second-order valence-electron chi connectivity index (χ2n) is 9.30. The Labute approximate surface area is 186 Å². The molecular weight excluding hydrogens is 423 g/mol. The first kappa shape index (κ1) is 23.1. The summed E-state index contributed by atoms with van der Waals surface area (Å²) < 4.78 is 75.0. The van der Waals surface area contributed by atoms with Gasteiger partial charge in [-0.25, -0.2) is 22.0 Å². The first-order chi connectivity index (χ1) is 15.4. The van der Waals surface area contributed by atoms with Gasteiger partial charge in [0.15, 0.2) is 29.0 Å². The largest absolute Gasteiger partial charge is 0.453 e. The highest BCUT2D eigenvalue weighted by atomic mass is 19.2. The van der Waals surface area contributed by atoms with Gasteiger partial charge in [-0.3, -0.25) is 0 Å². The normalized spacial score (nSPS) is 26.2. The molecule has 0 saturated heterocycles.